The average Bonchev–Trinajstić information content (AvgIpc) is 2.47. The van der Waals surface area contributed by atoms with Crippen LogP contribution in [0, 0.1) is 16.7 Å². The van der Waals surface area contributed by atoms with Gasteiger partial charge in [0.05, 0.1) is 11.6 Å². The zero-order valence-electron chi connectivity index (χ0n) is 12.1. The molecule has 0 radical (unpaired) electrons. The number of benzene rings is 2. The van der Waals surface area contributed by atoms with Crippen LogP contribution in [0.2, 0.25) is 0 Å². The first-order valence-electron chi connectivity index (χ1n) is 6.66. The molecule has 0 amide bonds. The van der Waals surface area contributed by atoms with Crippen molar-refractivity contribution in [3.63, 3.8) is 0 Å². The highest BCUT2D eigenvalue weighted by Gasteiger charge is 2.07. The van der Waals surface area contributed by atoms with Gasteiger partial charge in [-0.2, -0.15) is 5.26 Å². The molecule has 2 aromatic carbocycles. The summed E-state index contributed by atoms with van der Waals surface area (Å²) in [6.45, 7) is 3.54. The van der Waals surface area contributed by atoms with Gasteiger partial charge in [-0.25, -0.2) is 0 Å². The van der Waals surface area contributed by atoms with E-state index < -0.39 is 0 Å². The van der Waals surface area contributed by atoms with Crippen LogP contribution >= 0.6 is 0 Å². The molecular weight excluding hydrogens is 258 g/mol. The van der Waals surface area contributed by atoms with E-state index in [1.165, 1.54) is 0 Å². The molecule has 0 saturated heterocycles. The lowest BCUT2D eigenvalue weighted by atomic mass is 9.96. The van der Waals surface area contributed by atoms with Crippen LogP contribution in [0.25, 0.3) is 16.7 Å². The van der Waals surface area contributed by atoms with Crippen LogP contribution in [0.4, 0.5) is 0 Å². The molecule has 0 aliphatic heterocycles. The van der Waals surface area contributed by atoms with E-state index in [9.17, 15) is 0 Å². The van der Waals surface area contributed by atoms with Gasteiger partial charge >= 0.3 is 0 Å². The summed E-state index contributed by atoms with van der Waals surface area (Å²) in [6, 6.07) is 17.5. The fourth-order valence-corrected chi connectivity index (χ4v) is 2.34. The van der Waals surface area contributed by atoms with Gasteiger partial charge in [-0.05, 0) is 42.7 Å². The Kier molecular flexibility index (Phi) is 4.20. The Morgan fingerprint density at radius 3 is 2.24 bits per heavy atom. The van der Waals surface area contributed by atoms with E-state index in [4.69, 9.17) is 16.4 Å². The molecule has 0 aromatic heterocycles. The summed E-state index contributed by atoms with van der Waals surface area (Å²) in [7, 11) is 0. The van der Waals surface area contributed by atoms with Crippen molar-refractivity contribution in [3.8, 4) is 17.2 Å². The predicted molar refractivity (Wildman–Crippen MR) is 86.8 cm³/mol. The third kappa shape index (κ3) is 3.18. The van der Waals surface area contributed by atoms with Crippen molar-refractivity contribution < 1.29 is 0 Å². The second-order valence-corrected chi connectivity index (χ2v) is 4.95. The second kappa shape index (κ2) is 6.06. The summed E-state index contributed by atoms with van der Waals surface area (Å²) in [6.07, 6.45) is 0. The first-order chi connectivity index (χ1) is 10.0. The lowest BCUT2D eigenvalue weighted by Gasteiger charge is -2.10. The van der Waals surface area contributed by atoms with Crippen LogP contribution in [0.1, 0.15) is 25.0 Å². The molecule has 21 heavy (non-hydrogen) atoms. The molecule has 0 heterocycles. The molecule has 0 fully saturated rings. The van der Waals surface area contributed by atoms with Crippen LogP contribution in [0.15, 0.2) is 54.2 Å². The maximum absolute atomic E-state index is 8.95. The van der Waals surface area contributed by atoms with E-state index in [1.807, 2.05) is 42.5 Å². The van der Waals surface area contributed by atoms with Gasteiger partial charge in [0.15, 0.2) is 0 Å². The van der Waals surface area contributed by atoms with Crippen molar-refractivity contribution in [2.45, 2.75) is 13.8 Å². The molecule has 3 N–H and O–H groups in total. The van der Waals surface area contributed by atoms with Crippen LogP contribution in [0.5, 0.6) is 0 Å². The fraction of sp³-hybridized carbons (Fsp3) is 0.111. The lowest BCUT2D eigenvalue weighted by molar-refractivity contribution is 1.32. The van der Waals surface area contributed by atoms with Crippen LogP contribution < -0.4 is 5.73 Å². The summed E-state index contributed by atoms with van der Waals surface area (Å²) in [5.74, 6) is 0. The van der Waals surface area contributed by atoms with Crippen LogP contribution in [-0.4, -0.2) is 5.71 Å². The predicted octanol–water partition coefficient (Wildman–Crippen LogP) is 3.95. The first-order valence-corrected chi connectivity index (χ1v) is 6.66. The summed E-state index contributed by atoms with van der Waals surface area (Å²) >= 11 is 0. The molecule has 2 rings (SSSR count). The SMILES string of the molecule is CC(=N)/C(=C(/C)N)c1ccc(-c2cccc(C#N)c2)cc1. The quantitative estimate of drug-likeness (QED) is 0.832. The zero-order chi connectivity index (χ0) is 15.4. The standard InChI is InChI=1S/C18H17N3/c1-12(20)18(13(2)21)16-8-6-15(7-9-16)17-5-3-4-14(10-17)11-19/h3-10,20H,21H2,1-2H3/b18-13+,20-12?. The van der Waals surface area contributed by atoms with E-state index in [0.717, 1.165) is 22.3 Å². The van der Waals surface area contributed by atoms with E-state index >= 15 is 0 Å². The average molecular weight is 275 g/mol. The Morgan fingerprint density at radius 1 is 1.05 bits per heavy atom. The Labute approximate surface area is 124 Å². The van der Waals surface area contributed by atoms with Crippen LogP contribution in [0.3, 0.4) is 0 Å². The van der Waals surface area contributed by atoms with Crippen molar-refractivity contribution >= 4 is 11.3 Å². The van der Waals surface area contributed by atoms with Gasteiger partial charge in [-0.1, -0.05) is 36.4 Å². The third-order valence-electron chi connectivity index (χ3n) is 3.27. The normalized spacial score (nSPS) is 11.5. The van der Waals surface area contributed by atoms with Crippen molar-refractivity contribution in [2.75, 3.05) is 0 Å². The molecule has 0 saturated carbocycles. The van der Waals surface area contributed by atoms with Crippen molar-refractivity contribution in [1.82, 2.24) is 0 Å². The monoisotopic (exact) mass is 275 g/mol. The molecule has 0 unspecified atom stereocenters. The van der Waals surface area contributed by atoms with Crippen LogP contribution in [-0.2, 0) is 0 Å². The highest BCUT2D eigenvalue weighted by molar-refractivity contribution is 6.21. The highest BCUT2D eigenvalue weighted by atomic mass is 14.6. The lowest BCUT2D eigenvalue weighted by Crippen LogP contribution is -2.04. The summed E-state index contributed by atoms with van der Waals surface area (Å²) in [5, 5.41) is 16.8. The number of allylic oxidation sites excluding steroid dienone is 2. The van der Waals surface area contributed by atoms with Gasteiger partial charge in [0.25, 0.3) is 0 Å². The summed E-state index contributed by atoms with van der Waals surface area (Å²) < 4.78 is 0. The molecule has 3 heteroatoms. The number of nitrogens with one attached hydrogen (secondary N) is 1. The molecule has 0 aliphatic rings. The Morgan fingerprint density at radius 2 is 1.71 bits per heavy atom. The maximum atomic E-state index is 8.95. The minimum Gasteiger partial charge on any atom is -0.402 e. The Bertz CT molecular complexity index is 743. The number of nitrogens with two attached hydrogens (primary N) is 1. The molecule has 3 nitrogen and oxygen atoms in total. The Balaban J connectivity index is 2.42. The van der Waals surface area contributed by atoms with Gasteiger partial charge < -0.3 is 11.1 Å². The largest absolute Gasteiger partial charge is 0.402 e. The Hall–Kier alpha value is -2.86. The van der Waals surface area contributed by atoms with Crippen molar-refractivity contribution in [1.29, 1.82) is 10.7 Å². The second-order valence-electron chi connectivity index (χ2n) is 4.95. The topological polar surface area (TPSA) is 73.7 Å². The number of rotatable bonds is 3. The molecule has 104 valence electrons. The van der Waals surface area contributed by atoms with E-state index in [-0.39, 0.29) is 0 Å². The molecule has 0 bridgehead atoms. The third-order valence-corrected chi connectivity index (χ3v) is 3.27. The van der Waals surface area contributed by atoms with Gasteiger partial charge in [0.1, 0.15) is 0 Å². The maximum Gasteiger partial charge on any atom is 0.0991 e. The number of nitrogens with zero attached hydrogens (tertiary/aromatic N) is 1. The highest BCUT2D eigenvalue weighted by Crippen LogP contribution is 2.24. The van der Waals surface area contributed by atoms with Gasteiger partial charge in [-0.15, -0.1) is 0 Å². The number of hydrogen-bond acceptors (Lipinski definition) is 3. The van der Waals surface area contributed by atoms with Crippen molar-refractivity contribution in [3.05, 3.63) is 65.4 Å². The summed E-state index contributed by atoms with van der Waals surface area (Å²) in [4.78, 5) is 0. The van der Waals surface area contributed by atoms with Gasteiger partial charge in [0, 0.05) is 17.0 Å². The molecule has 0 aliphatic carbocycles. The molecule has 0 spiro atoms. The first kappa shape index (κ1) is 14.5. The zero-order valence-corrected chi connectivity index (χ0v) is 12.1. The minimum absolute atomic E-state index is 0.453. The molecule has 2 aromatic rings. The van der Waals surface area contributed by atoms with E-state index in [0.29, 0.717) is 17.0 Å². The van der Waals surface area contributed by atoms with E-state index in [1.54, 1.807) is 19.9 Å². The smallest absolute Gasteiger partial charge is 0.0991 e. The number of nitriles is 1. The molecule has 0 atom stereocenters. The fourth-order valence-electron chi connectivity index (χ4n) is 2.34. The minimum atomic E-state index is 0.453. The number of hydrogen-bond donors (Lipinski definition) is 2. The van der Waals surface area contributed by atoms with Gasteiger partial charge in [-0.3, -0.25) is 0 Å². The van der Waals surface area contributed by atoms with Gasteiger partial charge in [0.2, 0.25) is 0 Å². The summed E-state index contributed by atoms with van der Waals surface area (Å²) in [5.41, 5.74) is 11.3. The van der Waals surface area contributed by atoms with Crippen molar-refractivity contribution in [2.24, 2.45) is 5.73 Å². The molecular formula is C18H17N3. The van der Waals surface area contributed by atoms with E-state index in [2.05, 4.69) is 6.07 Å².